The summed E-state index contributed by atoms with van der Waals surface area (Å²) < 4.78 is 10.6. The highest BCUT2D eigenvalue weighted by Crippen LogP contribution is 2.21. The van der Waals surface area contributed by atoms with Gasteiger partial charge in [0.2, 0.25) is 0 Å². The van der Waals surface area contributed by atoms with Crippen LogP contribution in [0.4, 0.5) is 0 Å². The van der Waals surface area contributed by atoms with Crippen LogP contribution in [0.15, 0.2) is 47.6 Å². The van der Waals surface area contributed by atoms with E-state index in [-0.39, 0.29) is 11.8 Å². The Bertz CT molecular complexity index is 898. The maximum Gasteiger partial charge on any atom is 0.262 e. The van der Waals surface area contributed by atoms with Gasteiger partial charge in [-0.2, -0.15) is 5.10 Å². The number of methoxy groups -OCH3 is 1. The molecule has 30 heavy (non-hydrogen) atoms. The fourth-order valence-corrected chi connectivity index (χ4v) is 2.82. The first-order valence-electron chi connectivity index (χ1n) is 9.55. The van der Waals surface area contributed by atoms with E-state index >= 15 is 0 Å². The van der Waals surface area contributed by atoms with Crippen molar-refractivity contribution >= 4 is 29.6 Å². The third-order valence-electron chi connectivity index (χ3n) is 4.24. The SMILES string of the molecule is CCOc1ccc(Cl)cc1C=NNC(=O)C(NC(=O)c1ccc(OC)cc1)C(C)C. The van der Waals surface area contributed by atoms with Crippen LogP contribution in [0.5, 0.6) is 11.5 Å². The zero-order valence-corrected chi connectivity index (χ0v) is 18.2. The van der Waals surface area contributed by atoms with Crippen LogP contribution in [0.2, 0.25) is 5.02 Å². The minimum Gasteiger partial charge on any atom is -0.497 e. The molecular formula is C22H26ClN3O4. The van der Waals surface area contributed by atoms with Crippen molar-refractivity contribution in [2.75, 3.05) is 13.7 Å². The molecule has 0 saturated heterocycles. The first-order valence-corrected chi connectivity index (χ1v) is 9.93. The highest BCUT2D eigenvalue weighted by molar-refractivity contribution is 6.30. The largest absolute Gasteiger partial charge is 0.497 e. The van der Waals surface area contributed by atoms with Crippen molar-refractivity contribution in [3.05, 3.63) is 58.6 Å². The van der Waals surface area contributed by atoms with Crippen molar-refractivity contribution in [2.45, 2.75) is 26.8 Å². The van der Waals surface area contributed by atoms with Crippen LogP contribution in [0, 0.1) is 5.92 Å². The number of ether oxygens (including phenoxy) is 2. The van der Waals surface area contributed by atoms with Crippen LogP contribution in [-0.2, 0) is 4.79 Å². The molecule has 7 nitrogen and oxygen atoms in total. The van der Waals surface area contributed by atoms with E-state index in [1.165, 1.54) is 6.21 Å². The molecule has 0 aliphatic rings. The molecule has 8 heteroatoms. The van der Waals surface area contributed by atoms with Crippen molar-refractivity contribution in [3.8, 4) is 11.5 Å². The lowest BCUT2D eigenvalue weighted by Gasteiger charge is -2.20. The van der Waals surface area contributed by atoms with Crippen LogP contribution < -0.4 is 20.2 Å². The summed E-state index contributed by atoms with van der Waals surface area (Å²) in [5.74, 6) is 0.319. The summed E-state index contributed by atoms with van der Waals surface area (Å²) in [5.41, 5.74) is 3.53. The van der Waals surface area contributed by atoms with Gasteiger partial charge in [-0.3, -0.25) is 9.59 Å². The lowest BCUT2D eigenvalue weighted by molar-refractivity contribution is -0.123. The number of hydrogen-bond acceptors (Lipinski definition) is 5. The van der Waals surface area contributed by atoms with Gasteiger partial charge in [0.25, 0.3) is 11.8 Å². The molecule has 0 aromatic heterocycles. The fourth-order valence-electron chi connectivity index (χ4n) is 2.64. The molecule has 0 spiro atoms. The van der Waals surface area contributed by atoms with Crippen molar-refractivity contribution < 1.29 is 19.1 Å². The van der Waals surface area contributed by atoms with Crippen molar-refractivity contribution in [3.63, 3.8) is 0 Å². The van der Waals surface area contributed by atoms with E-state index in [1.807, 2.05) is 20.8 Å². The number of hydrogen-bond donors (Lipinski definition) is 2. The predicted molar refractivity (Wildman–Crippen MR) is 117 cm³/mol. The third kappa shape index (κ3) is 6.49. The fraction of sp³-hybridized carbons (Fsp3) is 0.318. The zero-order valence-electron chi connectivity index (χ0n) is 17.4. The van der Waals surface area contributed by atoms with Gasteiger partial charge in [-0.25, -0.2) is 5.43 Å². The Morgan fingerprint density at radius 1 is 1.17 bits per heavy atom. The minimum absolute atomic E-state index is 0.146. The Labute approximate surface area is 181 Å². The number of halogens is 1. The van der Waals surface area contributed by atoms with Crippen LogP contribution in [0.3, 0.4) is 0 Å². The molecule has 1 unspecified atom stereocenters. The average Bonchev–Trinajstić information content (AvgIpc) is 2.73. The van der Waals surface area contributed by atoms with Gasteiger partial charge in [0.1, 0.15) is 17.5 Å². The Morgan fingerprint density at radius 2 is 1.87 bits per heavy atom. The number of amides is 2. The Kier molecular flexibility index (Phi) is 8.68. The third-order valence-corrected chi connectivity index (χ3v) is 4.47. The lowest BCUT2D eigenvalue weighted by atomic mass is 10.0. The second-order valence-corrected chi connectivity index (χ2v) is 7.21. The molecule has 0 bridgehead atoms. The van der Waals surface area contributed by atoms with Gasteiger partial charge in [0, 0.05) is 16.1 Å². The molecule has 0 aliphatic heterocycles. The summed E-state index contributed by atoms with van der Waals surface area (Å²) in [7, 11) is 1.55. The van der Waals surface area contributed by atoms with Gasteiger partial charge in [-0.15, -0.1) is 0 Å². The summed E-state index contributed by atoms with van der Waals surface area (Å²) >= 11 is 6.03. The van der Waals surface area contributed by atoms with Crippen LogP contribution >= 0.6 is 11.6 Å². The molecule has 0 radical (unpaired) electrons. The molecule has 0 fully saturated rings. The first kappa shape index (κ1) is 23.2. The number of hydrazone groups is 1. The van der Waals surface area contributed by atoms with E-state index in [9.17, 15) is 9.59 Å². The van der Waals surface area contributed by atoms with Crippen molar-refractivity contribution in [1.29, 1.82) is 0 Å². The molecule has 0 heterocycles. The molecule has 160 valence electrons. The molecule has 1 atom stereocenters. The standard InChI is InChI=1S/C22H26ClN3O4/c1-5-30-19-11-8-17(23)12-16(19)13-24-26-22(28)20(14(2)3)25-21(27)15-6-9-18(29-4)10-7-15/h6-14,20H,5H2,1-4H3,(H,25,27)(H,26,28). The topological polar surface area (TPSA) is 89.0 Å². The number of rotatable bonds is 9. The van der Waals surface area contributed by atoms with Gasteiger partial charge >= 0.3 is 0 Å². The summed E-state index contributed by atoms with van der Waals surface area (Å²) in [6, 6.07) is 11.0. The van der Waals surface area contributed by atoms with Gasteiger partial charge in [-0.1, -0.05) is 25.4 Å². The van der Waals surface area contributed by atoms with Crippen LogP contribution in [-0.4, -0.2) is 37.8 Å². The smallest absolute Gasteiger partial charge is 0.262 e. The van der Waals surface area contributed by atoms with E-state index in [0.29, 0.717) is 34.3 Å². The van der Waals surface area contributed by atoms with Crippen molar-refractivity contribution in [1.82, 2.24) is 10.7 Å². The number of carbonyl (C=O) groups is 2. The number of nitrogens with zero attached hydrogens (tertiary/aromatic N) is 1. The first-order chi connectivity index (χ1) is 14.3. The molecule has 2 aromatic rings. The predicted octanol–water partition coefficient (Wildman–Crippen LogP) is 3.65. The number of carbonyl (C=O) groups excluding carboxylic acids is 2. The number of nitrogens with one attached hydrogen (secondary N) is 2. The second-order valence-electron chi connectivity index (χ2n) is 6.77. The Balaban J connectivity index is 2.06. The minimum atomic E-state index is -0.762. The highest BCUT2D eigenvalue weighted by atomic mass is 35.5. The Hall–Kier alpha value is -3.06. The van der Waals surface area contributed by atoms with Crippen molar-refractivity contribution in [2.24, 2.45) is 11.0 Å². The summed E-state index contributed by atoms with van der Waals surface area (Å²) in [6.45, 7) is 6.04. The van der Waals surface area contributed by atoms with Gasteiger partial charge in [0.05, 0.1) is 19.9 Å². The van der Waals surface area contributed by atoms with E-state index in [0.717, 1.165) is 0 Å². The quantitative estimate of drug-likeness (QED) is 0.468. The molecule has 2 amide bonds. The van der Waals surface area contributed by atoms with Gasteiger partial charge in [0.15, 0.2) is 0 Å². The summed E-state index contributed by atoms with van der Waals surface area (Å²) in [6.07, 6.45) is 1.46. The van der Waals surface area contributed by atoms with Gasteiger partial charge < -0.3 is 14.8 Å². The molecule has 2 aromatic carbocycles. The zero-order chi connectivity index (χ0) is 22.1. The molecule has 2 N–H and O–H groups in total. The number of benzene rings is 2. The van der Waals surface area contributed by atoms with Gasteiger partial charge in [-0.05, 0) is 55.3 Å². The molecule has 0 saturated carbocycles. The lowest BCUT2D eigenvalue weighted by Crippen LogP contribution is -2.48. The highest BCUT2D eigenvalue weighted by Gasteiger charge is 2.24. The molecular weight excluding hydrogens is 406 g/mol. The van der Waals surface area contributed by atoms with E-state index in [4.69, 9.17) is 21.1 Å². The van der Waals surface area contributed by atoms with Crippen LogP contribution in [0.25, 0.3) is 0 Å². The average molecular weight is 432 g/mol. The summed E-state index contributed by atoms with van der Waals surface area (Å²) in [4.78, 5) is 25.1. The Morgan fingerprint density at radius 3 is 2.47 bits per heavy atom. The molecule has 0 aliphatic carbocycles. The van der Waals surface area contributed by atoms with E-state index in [2.05, 4.69) is 15.8 Å². The van der Waals surface area contributed by atoms with Crippen LogP contribution in [0.1, 0.15) is 36.7 Å². The maximum atomic E-state index is 12.6. The second kappa shape index (κ2) is 11.2. The normalized spacial score (nSPS) is 11.9. The summed E-state index contributed by atoms with van der Waals surface area (Å²) in [5, 5.41) is 7.27. The van der Waals surface area contributed by atoms with E-state index in [1.54, 1.807) is 49.6 Å². The maximum absolute atomic E-state index is 12.6. The molecule has 2 rings (SSSR count). The van der Waals surface area contributed by atoms with E-state index < -0.39 is 11.9 Å². The monoisotopic (exact) mass is 431 g/mol.